The summed E-state index contributed by atoms with van der Waals surface area (Å²) in [4.78, 5) is 2.11. The molecule has 0 spiro atoms. The van der Waals surface area contributed by atoms with Gasteiger partial charge < -0.3 is 5.32 Å². The van der Waals surface area contributed by atoms with Crippen molar-refractivity contribution < 1.29 is 17.6 Å². The van der Waals surface area contributed by atoms with Crippen LogP contribution in [0.25, 0.3) is 0 Å². The fraction of sp³-hybridized carbons (Fsp3) is 0.647. The van der Waals surface area contributed by atoms with E-state index in [-0.39, 0.29) is 17.5 Å². The molecule has 1 fully saturated rings. The summed E-state index contributed by atoms with van der Waals surface area (Å²) in [7, 11) is 0. The van der Waals surface area contributed by atoms with Gasteiger partial charge in [-0.25, -0.2) is 4.39 Å². The molecule has 1 aliphatic heterocycles. The standard InChI is InChI=1S/C17H24F4N2/c1-3-4-12(2)16(23-9-7-22-8-10-23)14-11-13(17(19,20)21)5-6-15(14)18/h5-6,11-12,16,22H,3-4,7-10H2,1-2H3/t12?,16-/m1/s1. The Balaban J connectivity index is 2.41. The second-order valence-electron chi connectivity index (χ2n) is 6.23. The Kier molecular flexibility index (Phi) is 6.03. The van der Waals surface area contributed by atoms with E-state index >= 15 is 0 Å². The zero-order valence-corrected chi connectivity index (χ0v) is 13.6. The lowest BCUT2D eigenvalue weighted by Crippen LogP contribution is -2.46. The smallest absolute Gasteiger partial charge is 0.314 e. The van der Waals surface area contributed by atoms with Crippen LogP contribution in [0.4, 0.5) is 17.6 Å². The summed E-state index contributed by atoms with van der Waals surface area (Å²) in [6, 6.07) is 2.44. The zero-order valence-electron chi connectivity index (χ0n) is 13.6. The van der Waals surface area contributed by atoms with Gasteiger partial charge >= 0.3 is 6.18 Å². The van der Waals surface area contributed by atoms with E-state index in [9.17, 15) is 17.6 Å². The predicted molar refractivity (Wildman–Crippen MR) is 82.7 cm³/mol. The molecule has 6 heteroatoms. The van der Waals surface area contributed by atoms with E-state index in [1.54, 1.807) is 0 Å². The van der Waals surface area contributed by atoms with Crippen molar-refractivity contribution in [2.45, 2.75) is 38.9 Å². The highest BCUT2D eigenvalue weighted by atomic mass is 19.4. The summed E-state index contributed by atoms with van der Waals surface area (Å²) < 4.78 is 53.4. The normalized spacial score (nSPS) is 19.6. The molecule has 1 N–H and O–H groups in total. The highest BCUT2D eigenvalue weighted by Gasteiger charge is 2.34. The average molecular weight is 332 g/mol. The molecule has 2 atom stereocenters. The van der Waals surface area contributed by atoms with E-state index in [0.29, 0.717) is 13.1 Å². The number of rotatable bonds is 5. The number of hydrogen-bond donors (Lipinski definition) is 1. The Morgan fingerprint density at radius 3 is 2.43 bits per heavy atom. The minimum Gasteiger partial charge on any atom is -0.314 e. The molecule has 1 saturated heterocycles. The molecule has 0 aliphatic carbocycles. The molecule has 0 aromatic heterocycles. The van der Waals surface area contributed by atoms with Crippen LogP contribution in [0.5, 0.6) is 0 Å². The van der Waals surface area contributed by atoms with Crippen molar-refractivity contribution in [3.63, 3.8) is 0 Å². The monoisotopic (exact) mass is 332 g/mol. The van der Waals surface area contributed by atoms with E-state index in [4.69, 9.17) is 0 Å². The lowest BCUT2D eigenvalue weighted by molar-refractivity contribution is -0.137. The van der Waals surface area contributed by atoms with E-state index in [1.807, 2.05) is 13.8 Å². The van der Waals surface area contributed by atoms with Crippen LogP contribution in [0, 0.1) is 11.7 Å². The zero-order chi connectivity index (χ0) is 17.0. The first-order chi connectivity index (χ1) is 10.8. The third kappa shape index (κ3) is 4.44. The number of piperazine rings is 1. The summed E-state index contributed by atoms with van der Waals surface area (Å²) in [6.45, 7) is 7.01. The van der Waals surface area contributed by atoms with Crippen molar-refractivity contribution in [2.24, 2.45) is 5.92 Å². The van der Waals surface area contributed by atoms with Gasteiger partial charge in [0, 0.05) is 37.8 Å². The van der Waals surface area contributed by atoms with Gasteiger partial charge in [0.2, 0.25) is 0 Å². The minimum absolute atomic E-state index is 0.0936. The Morgan fingerprint density at radius 2 is 1.87 bits per heavy atom. The van der Waals surface area contributed by atoms with Crippen LogP contribution in [0.1, 0.15) is 43.9 Å². The maximum atomic E-state index is 14.4. The Labute approximate surface area is 134 Å². The highest BCUT2D eigenvalue weighted by molar-refractivity contribution is 5.30. The van der Waals surface area contributed by atoms with Crippen molar-refractivity contribution in [2.75, 3.05) is 26.2 Å². The molecule has 1 aromatic carbocycles. The fourth-order valence-corrected chi connectivity index (χ4v) is 3.38. The average Bonchev–Trinajstić information content (AvgIpc) is 2.49. The summed E-state index contributed by atoms with van der Waals surface area (Å²) in [5.74, 6) is -0.458. The predicted octanol–water partition coefficient (Wildman–Crippen LogP) is 4.23. The first-order valence-electron chi connectivity index (χ1n) is 8.16. The topological polar surface area (TPSA) is 15.3 Å². The van der Waals surface area contributed by atoms with Gasteiger partial charge in [-0.15, -0.1) is 0 Å². The van der Waals surface area contributed by atoms with Crippen molar-refractivity contribution >= 4 is 0 Å². The number of benzene rings is 1. The van der Waals surface area contributed by atoms with Crippen LogP contribution < -0.4 is 5.32 Å². The molecule has 0 bridgehead atoms. The number of halogens is 4. The van der Waals surface area contributed by atoms with Crippen LogP contribution in [0.3, 0.4) is 0 Å². The molecular weight excluding hydrogens is 308 g/mol. The van der Waals surface area contributed by atoms with Gasteiger partial charge in [0.25, 0.3) is 0 Å². The van der Waals surface area contributed by atoms with Gasteiger partial charge in [-0.3, -0.25) is 4.90 Å². The van der Waals surface area contributed by atoms with Gasteiger partial charge in [-0.2, -0.15) is 13.2 Å². The second-order valence-corrected chi connectivity index (χ2v) is 6.23. The quantitative estimate of drug-likeness (QED) is 0.812. The van der Waals surface area contributed by atoms with Gasteiger partial charge in [0.05, 0.1) is 5.56 Å². The SMILES string of the molecule is CCCC(C)[C@H](c1cc(C(F)(F)F)ccc1F)N1CCNCC1. The van der Waals surface area contributed by atoms with Crippen molar-refractivity contribution in [1.29, 1.82) is 0 Å². The largest absolute Gasteiger partial charge is 0.416 e. The van der Waals surface area contributed by atoms with E-state index in [1.165, 1.54) is 0 Å². The van der Waals surface area contributed by atoms with Gasteiger partial charge in [0.1, 0.15) is 5.82 Å². The molecule has 0 amide bonds. The minimum atomic E-state index is -4.45. The molecule has 2 nitrogen and oxygen atoms in total. The summed E-state index contributed by atoms with van der Waals surface area (Å²) in [5, 5.41) is 3.23. The first kappa shape index (κ1) is 18.2. The Hall–Kier alpha value is -1.14. The van der Waals surface area contributed by atoms with Gasteiger partial charge in [-0.1, -0.05) is 20.3 Å². The molecule has 0 saturated carbocycles. The fourth-order valence-electron chi connectivity index (χ4n) is 3.38. The Bertz CT molecular complexity index is 510. The van der Waals surface area contributed by atoms with Crippen LogP contribution in [0.2, 0.25) is 0 Å². The second kappa shape index (κ2) is 7.62. The Morgan fingerprint density at radius 1 is 1.22 bits per heavy atom. The number of nitrogens with one attached hydrogen (secondary N) is 1. The molecule has 1 aliphatic rings. The molecule has 1 heterocycles. The van der Waals surface area contributed by atoms with E-state index < -0.39 is 17.6 Å². The molecule has 2 rings (SSSR count). The van der Waals surface area contributed by atoms with E-state index in [2.05, 4.69) is 10.2 Å². The lowest BCUT2D eigenvalue weighted by atomic mass is 9.88. The molecule has 0 radical (unpaired) electrons. The molecular formula is C17H24F4N2. The maximum Gasteiger partial charge on any atom is 0.416 e. The summed E-state index contributed by atoms with van der Waals surface area (Å²) in [6.07, 6.45) is -2.68. The molecule has 23 heavy (non-hydrogen) atoms. The first-order valence-corrected chi connectivity index (χ1v) is 8.16. The maximum absolute atomic E-state index is 14.4. The van der Waals surface area contributed by atoms with E-state index in [0.717, 1.165) is 44.1 Å². The third-order valence-electron chi connectivity index (χ3n) is 4.47. The van der Waals surface area contributed by atoms with Crippen LogP contribution in [-0.4, -0.2) is 31.1 Å². The van der Waals surface area contributed by atoms with Crippen LogP contribution >= 0.6 is 0 Å². The summed E-state index contributed by atoms with van der Waals surface area (Å²) in [5.41, 5.74) is -0.611. The third-order valence-corrected chi connectivity index (χ3v) is 4.47. The van der Waals surface area contributed by atoms with Crippen molar-refractivity contribution in [1.82, 2.24) is 10.2 Å². The molecule has 130 valence electrons. The molecule has 1 aromatic rings. The van der Waals surface area contributed by atoms with Gasteiger partial charge in [-0.05, 0) is 30.5 Å². The van der Waals surface area contributed by atoms with Crippen LogP contribution in [-0.2, 0) is 6.18 Å². The highest BCUT2D eigenvalue weighted by Crippen LogP contribution is 2.37. The van der Waals surface area contributed by atoms with Crippen molar-refractivity contribution in [3.8, 4) is 0 Å². The number of nitrogens with zero attached hydrogens (tertiary/aromatic N) is 1. The van der Waals surface area contributed by atoms with Gasteiger partial charge in [0.15, 0.2) is 0 Å². The number of hydrogen-bond acceptors (Lipinski definition) is 2. The molecule has 1 unspecified atom stereocenters. The summed E-state index contributed by atoms with van der Waals surface area (Å²) >= 11 is 0. The van der Waals surface area contributed by atoms with Crippen LogP contribution in [0.15, 0.2) is 18.2 Å². The van der Waals surface area contributed by atoms with Crippen molar-refractivity contribution in [3.05, 3.63) is 35.1 Å². The number of alkyl halides is 3. The lowest BCUT2D eigenvalue weighted by Gasteiger charge is -2.39.